The number of amides is 1. The van der Waals surface area contributed by atoms with E-state index in [2.05, 4.69) is 10.3 Å². The van der Waals surface area contributed by atoms with E-state index in [0.29, 0.717) is 22.1 Å². The zero-order valence-electron chi connectivity index (χ0n) is 9.77. The Morgan fingerprint density at radius 3 is 2.72 bits per heavy atom. The van der Waals surface area contributed by atoms with Crippen molar-refractivity contribution in [2.45, 2.75) is 6.92 Å². The molecule has 0 atom stereocenters. The summed E-state index contributed by atoms with van der Waals surface area (Å²) < 4.78 is 0. The van der Waals surface area contributed by atoms with Crippen molar-refractivity contribution in [2.24, 2.45) is 0 Å². The van der Waals surface area contributed by atoms with Gasteiger partial charge in [-0.2, -0.15) is 0 Å². The summed E-state index contributed by atoms with van der Waals surface area (Å²) in [6, 6.07) is 8.53. The molecule has 1 aromatic carbocycles. The Morgan fingerprint density at radius 2 is 2.11 bits per heavy atom. The van der Waals surface area contributed by atoms with Crippen LogP contribution in [0.25, 0.3) is 0 Å². The highest BCUT2D eigenvalue weighted by molar-refractivity contribution is 6.31. The van der Waals surface area contributed by atoms with E-state index in [1.807, 2.05) is 13.0 Å². The average Bonchev–Trinajstić information content (AvgIpc) is 2.34. The molecule has 0 bridgehead atoms. The van der Waals surface area contributed by atoms with Crippen LogP contribution < -0.4 is 11.1 Å². The lowest BCUT2D eigenvalue weighted by atomic mass is 10.2. The first-order valence-corrected chi connectivity index (χ1v) is 5.73. The summed E-state index contributed by atoms with van der Waals surface area (Å²) in [6.07, 6.45) is 1.44. The van der Waals surface area contributed by atoms with Gasteiger partial charge in [-0.15, -0.1) is 0 Å². The van der Waals surface area contributed by atoms with Crippen LogP contribution in [0, 0.1) is 6.92 Å². The molecule has 5 heteroatoms. The summed E-state index contributed by atoms with van der Waals surface area (Å²) in [5, 5.41) is 3.33. The molecular weight excluding hydrogens is 250 g/mol. The number of anilines is 2. The average molecular weight is 262 g/mol. The van der Waals surface area contributed by atoms with Crippen molar-refractivity contribution in [1.29, 1.82) is 0 Å². The number of nitrogens with one attached hydrogen (secondary N) is 1. The Bertz CT molecular complexity index is 581. The fourth-order valence-electron chi connectivity index (χ4n) is 1.41. The third-order valence-corrected chi connectivity index (χ3v) is 2.86. The van der Waals surface area contributed by atoms with E-state index in [4.69, 9.17) is 17.3 Å². The van der Waals surface area contributed by atoms with Gasteiger partial charge in [-0.25, -0.2) is 4.98 Å². The molecule has 1 heterocycles. The van der Waals surface area contributed by atoms with Gasteiger partial charge in [0.15, 0.2) is 0 Å². The van der Waals surface area contributed by atoms with Gasteiger partial charge in [0.25, 0.3) is 5.91 Å². The van der Waals surface area contributed by atoms with Crippen LogP contribution in [0.15, 0.2) is 36.5 Å². The number of hydrogen-bond donors (Lipinski definition) is 2. The molecule has 92 valence electrons. The Balaban J connectivity index is 2.16. The largest absolute Gasteiger partial charge is 0.397 e. The summed E-state index contributed by atoms with van der Waals surface area (Å²) in [5.74, 6) is -0.296. The van der Waals surface area contributed by atoms with Gasteiger partial charge in [0.05, 0.1) is 11.9 Å². The van der Waals surface area contributed by atoms with Crippen LogP contribution in [0.4, 0.5) is 11.4 Å². The van der Waals surface area contributed by atoms with Crippen LogP contribution in [0.3, 0.4) is 0 Å². The summed E-state index contributed by atoms with van der Waals surface area (Å²) in [7, 11) is 0. The van der Waals surface area contributed by atoms with Gasteiger partial charge < -0.3 is 11.1 Å². The Labute approximate surface area is 110 Å². The van der Waals surface area contributed by atoms with Crippen molar-refractivity contribution in [2.75, 3.05) is 11.1 Å². The lowest BCUT2D eigenvalue weighted by Gasteiger charge is -2.06. The highest BCUT2D eigenvalue weighted by atomic mass is 35.5. The standard InChI is InChI=1S/C13H12ClN3O/c1-8-2-4-10(6-11(8)14)17-13(18)12-5-3-9(15)7-16-12/h2-7H,15H2,1H3,(H,17,18). The molecule has 1 aromatic heterocycles. The summed E-state index contributed by atoms with van der Waals surface area (Å²) >= 11 is 5.98. The fourth-order valence-corrected chi connectivity index (χ4v) is 1.59. The third kappa shape index (κ3) is 2.78. The predicted molar refractivity (Wildman–Crippen MR) is 72.8 cm³/mol. The molecule has 1 amide bonds. The minimum Gasteiger partial charge on any atom is -0.397 e. The molecule has 0 aliphatic carbocycles. The lowest BCUT2D eigenvalue weighted by Crippen LogP contribution is -2.13. The molecule has 0 radical (unpaired) electrons. The van der Waals surface area contributed by atoms with Gasteiger partial charge in [-0.1, -0.05) is 17.7 Å². The molecule has 2 rings (SSSR count). The van der Waals surface area contributed by atoms with E-state index in [-0.39, 0.29) is 5.91 Å². The predicted octanol–water partition coefficient (Wildman–Crippen LogP) is 2.88. The number of nitrogens with two attached hydrogens (primary N) is 1. The number of aryl methyl sites for hydroxylation is 1. The van der Waals surface area contributed by atoms with E-state index in [1.54, 1.807) is 24.3 Å². The van der Waals surface area contributed by atoms with E-state index in [9.17, 15) is 4.79 Å². The Kier molecular flexibility index (Phi) is 3.48. The second kappa shape index (κ2) is 5.06. The van der Waals surface area contributed by atoms with Gasteiger partial charge in [-0.05, 0) is 36.8 Å². The van der Waals surface area contributed by atoms with Crippen LogP contribution in [0.5, 0.6) is 0 Å². The number of halogens is 1. The minimum atomic E-state index is -0.296. The Morgan fingerprint density at radius 1 is 1.33 bits per heavy atom. The quantitative estimate of drug-likeness (QED) is 0.873. The highest BCUT2D eigenvalue weighted by Gasteiger charge is 2.07. The number of carbonyl (C=O) groups is 1. The number of hydrogen-bond acceptors (Lipinski definition) is 3. The molecule has 3 N–H and O–H groups in total. The number of pyridine rings is 1. The summed E-state index contributed by atoms with van der Waals surface area (Å²) in [4.78, 5) is 15.8. The molecule has 0 saturated carbocycles. The van der Waals surface area contributed by atoms with Crippen LogP contribution >= 0.6 is 11.6 Å². The van der Waals surface area contributed by atoms with Crippen molar-refractivity contribution in [3.8, 4) is 0 Å². The number of nitrogens with zero attached hydrogens (tertiary/aromatic N) is 1. The van der Waals surface area contributed by atoms with Crippen LogP contribution in [0.1, 0.15) is 16.1 Å². The minimum absolute atomic E-state index is 0.296. The number of benzene rings is 1. The second-order valence-corrected chi connectivity index (χ2v) is 4.30. The summed E-state index contributed by atoms with van der Waals surface area (Å²) in [5.41, 5.74) is 7.92. The highest BCUT2D eigenvalue weighted by Crippen LogP contribution is 2.20. The number of carbonyl (C=O) groups excluding carboxylic acids is 1. The van der Waals surface area contributed by atoms with Gasteiger partial charge in [0, 0.05) is 10.7 Å². The maximum atomic E-state index is 11.9. The first-order valence-electron chi connectivity index (χ1n) is 5.35. The monoisotopic (exact) mass is 261 g/mol. The van der Waals surface area contributed by atoms with E-state index >= 15 is 0 Å². The number of rotatable bonds is 2. The normalized spacial score (nSPS) is 10.1. The lowest BCUT2D eigenvalue weighted by molar-refractivity contribution is 0.102. The second-order valence-electron chi connectivity index (χ2n) is 3.89. The van der Waals surface area contributed by atoms with Crippen molar-refractivity contribution in [3.63, 3.8) is 0 Å². The van der Waals surface area contributed by atoms with Gasteiger partial charge in [0.2, 0.25) is 0 Å². The van der Waals surface area contributed by atoms with E-state index < -0.39 is 0 Å². The first kappa shape index (κ1) is 12.4. The van der Waals surface area contributed by atoms with Gasteiger partial charge in [-0.3, -0.25) is 4.79 Å². The van der Waals surface area contributed by atoms with Crippen molar-refractivity contribution >= 4 is 28.9 Å². The van der Waals surface area contributed by atoms with Crippen LogP contribution in [-0.2, 0) is 0 Å². The van der Waals surface area contributed by atoms with E-state index in [1.165, 1.54) is 6.20 Å². The van der Waals surface area contributed by atoms with Gasteiger partial charge in [0.1, 0.15) is 5.69 Å². The Hall–Kier alpha value is -2.07. The van der Waals surface area contributed by atoms with Crippen LogP contribution in [0.2, 0.25) is 5.02 Å². The molecule has 0 unspecified atom stereocenters. The number of nitrogen functional groups attached to an aromatic ring is 1. The smallest absolute Gasteiger partial charge is 0.274 e. The molecule has 2 aromatic rings. The molecule has 0 spiro atoms. The van der Waals surface area contributed by atoms with Crippen LogP contribution in [-0.4, -0.2) is 10.9 Å². The molecule has 0 saturated heterocycles. The zero-order valence-corrected chi connectivity index (χ0v) is 10.5. The third-order valence-electron chi connectivity index (χ3n) is 2.45. The maximum absolute atomic E-state index is 11.9. The molecular formula is C13H12ClN3O. The van der Waals surface area contributed by atoms with Crippen molar-refractivity contribution in [3.05, 3.63) is 52.8 Å². The van der Waals surface area contributed by atoms with Gasteiger partial charge >= 0.3 is 0 Å². The molecule has 0 fully saturated rings. The first-order chi connectivity index (χ1) is 8.56. The molecule has 0 aliphatic rings. The fraction of sp³-hybridized carbons (Fsp3) is 0.0769. The molecule has 18 heavy (non-hydrogen) atoms. The summed E-state index contributed by atoms with van der Waals surface area (Å²) in [6.45, 7) is 1.90. The number of aromatic nitrogens is 1. The topological polar surface area (TPSA) is 68.0 Å². The maximum Gasteiger partial charge on any atom is 0.274 e. The SMILES string of the molecule is Cc1ccc(NC(=O)c2ccc(N)cn2)cc1Cl. The zero-order chi connectivity index (χ0) is 13.1. The molecule has 0 aliphatic heterocycles. The van der Waals surface area contributed by atoms with E-state index in [0.717, 1.165) is 5.56 Å². The van der Waals surface area contributed by atoms with Crippen molar-refractivity contribution < 1.29 is 4.79 Å². The van der Waals surface area contributed by atoms with Crippen molar-refractivity contribution in [1.82, 2.24) is 4.98 Å². The molecule has 4 nitrogen and oxygen atoms in total.